The molecule has 3 nitrogen and oxygen atoms in total. The SMILES string of the molecule is OCC#Cc1ccsc1Cn1ccnc1-c1ccccc1. The Morgan fingerprint density at radius 2 is 2.05 bits per heavy atom. The molecule has 0 aliphatic rings. The zero-order valence-corrected chi connectivity index (χ0v) is 12.2. The number of aliphatic hydroxyl groups excluding tert-OH is 1. The van der Waals surface area contributed by atoms with Crippen molar-refractivity contribution in [1.82, 2.24) is 9.55 Å². The molecule has 0 spiro atoms. The smallest absolute Gasteiger partial charge is 0.140 e. The molecule has 3 aromatic rings. The van der Waals surface area contributed by atoms with E-state index < -0.39 is 0 Å². The van der Waals surface area contributed by atoms with Crippen LogP contribution in [-0.2, 0) is 6.54 Å². The highest BCUT2D eigenvalue weighted by Crippen LogP contribution is 2.22. The van der Waals surface area contributed by atoms with E-state index in [-0.39, 0.29) is 6.61 Å². The second kappa shape index (κ2) is 6.40. The third kappa shape index (κ3) is 3.05. The predicted molar refractivity (Wildman–Crippen MR) is 85.0 cm³/mol. The van der Waals surface area contributed by atoms with Gasteiger partial charge in [-0.3, -0.25) is 0 Å². The summed E-state index contributed by atoms with van der Waals surface area (Å²) >= 11 is 1.67. The molecular weight excluding hydrogens is 280 g/mol. The number of rotatable bonds is 3. The zero-order chi connectivity index (χ0) is 14.5. The van der Waals surface area contributed by atoms with Crippen LogP contribution in [-0.4, -0.2) is 21.3 Å². The van der Waals surface area contributed by atoms with E-state index in [2.05, 4.69) is 33.5 Å². The fourth-order valence-electron chi connectivity index (χ4n) is 2.15. The Morgan fingerprint density at radius 1 is 1.19 bits per heavy atom. The summed E-state index contributed by atoms with van der Waals surface area (Å²) in [4.78, 5) is 5.62. The lowest BCUT2D eigenvalue weighted by Gasteiger charge is -2.07. The molecule has 0 aliphatic heterocycles. The molecule has 4 heteroatoms. The fraction of sp³-hybridized carbons (Fsp3) is 0.118. The molecule has 2 aromatic heterocycles. The van der Waals surface area contributed by atoms with Gasteiger partial charge in [0.25, 0.3) is 0 Å². The number of benzene rings is 1. The number of thiophene rings is 1. The Balaban J connectivity index is 1.90. The predicted octanol–water partition coefficient (Wildman–Crippen LogP) is 3.00. The van der Waals surface area contributed by atoms with Crippen molar-refractivity contribution in [3.05, 3.63) is 64.6 Å². The first-order valence-electron chi connectivity index (χ1n) is 6.61. The van der Waals surface area contributed by atoms with E-state index in [9.17, 15) is 0 Å². The Morgan fingerprint density at radius 3 is 2.86 bits per heavy atom. The highest BCUT2D eigenvalue weighted by atomic mass is 32.1. The largest absolute Gasteiger partial charge is 0.384 e. The number of hydrogen-bond donors (Lipinski definition) is 1. The van der Waals surface area contributed by atoms with Crippen LogP contribution >= 0.6 is 11.3 Å². The summed E-state index contributed by atoms with van der Waals surface area (Å²) in [5.41, 5.74) is 2.07. The van der Waals surface area contributed by atoms with Gasteiger partial charge in [0.1, 0.15) is 12.4 Å². The maximum atomic E-state index is 8.82. The van der Waals surface area contributed by atoms with Gasteiger partial charge in [-0.25, -0.2) is 4.98 Å². The number of imidazole rings is 1. The topological polar surface area (TPSA) is 38.0 Å². The van der Waals surface area contributed by atoms with Crippen molar-refractivity contribution >= 4 is 11.3 Å². The van der Waals surface area contributed by atoms with E-state index in [1.807, 2.05) is 42.0 Å². The van der Waals surface area contributed by atoms with Crippen molar-refractivity contribution in [3.63, 3.8) is 0 Å². The van der Waals surface area contributed by atoms with Gasteiger partial charge >= 0.3 is 0 Å². The molecule has 0 amide bonds. The highest BCUT2D eigenvalue weighted by molar-refractivity contribution is 7.10. The molecule has 21 heavy (non-hydrogen) atoms. The molecule has 2 heterocycles. The van der Waals surface area contributed by atoms with Crippen molar-refractivity contribution in [2.24, 2.45) is 0 Å². The molecule has 0 aliphatic carbocycles. The minimum Gasteiger partial charge on any atom is -0.384 e. The van der Waals surface area contributed by atoms with E-state index in [1.54, 1.807) is 11.3 Å². The summed E-state index contributed by atoms with van der Waals surface area (Å²) in [6, 6.07) is 12.1. The van der Waals surface area contributed by atoms with E-state index in [0.717, 1.165) is 23.5 Å². The molecular formula is C17H14N2OS. The molecule has 0 radical (unpaired) electrons. The Kier molecular flexibility index (Phi) is 4.15. The van der Waals surface area contributed by atoms with Crippen LogP contribution in [0.2, 0.25) is 0 Å². The number of hydrogen-bond acceptors (Lipinski definition) is 3. The van der Waals surface area contributed by atoms with Gasteiger partial charge in [0.2, 0.25) is 0 Å². The normalized spacial score (nSPS) is 10.1. The van der Waals surface area contributed by atoms with Crippen molar-refractivity contribution in [3.8, 4) is 23.2 Å². The summed E-state index contributed by atoms with van der Waals surface area (Å²) in [5, 5.41) is 10.8. The summed E-state index contributed by atoms with van der Waals surface area (Å²) in [5.74, 6) is 6.64. The lowest BCUT2D eigenvalue weighted by Crippen LogP contribution is -2.00. The van der Waals surface area contributed by atoms with E-state index in [4.69, 9.17) is 5.11 Å². The van der Waals surface area contributed by atoms with Crippen LogP contribution in [0.15, 0.2) is 54.2 Å². The first kappa shape index (κ1) is 13.6. The third-order valence-corrected chi connectivity index (χ3v) is 4.01. The molecule has 0 unspecified atom stereocenters. The lowest BCUT2D eigenvalue weighted by atomic mass is 10.2. The molecule has 3 rings (SSSR count). The molecule has 0 saturated heterocycles. The maximum Gasteiger partial charge on any atom is 0.140 e. The van der Waals surface area contributed by atoms with E-state index >= 15 is 0 Å². The number of aliphatic hydroxyl groups is 1. The monoisotopic (exact) mass is 294 g/mol. The maximum absolute atomic E-state index is 8.82. The molecule has 104 valence electrons. The van der Waals surface area contributed by atoms with Gasteiger partial charge in [0, 0.05) is 28.4 Å². The van der Waals surface area contributed by atoms with Crippen LogP contribution in [0, 0.1) is 11.8 Å². The van der Waals surface area contributed by atoms with Crippen molar-refractivity contribution < 1.29 is 5.11 Å². The van der Waals surface area contributed by atoms with Crippen molar-refractivity contribution in [1.29, 1.82) is 0 Å². The van der Waals surface area contributed by atoms with Gasteiger partial charge in [0.15, 0.2) is 0 Å². The summed E-state index contributed by atoms with van der Waals surface area (Å²) in [7, 11) is 0. The Hall–Kier alpha value is -2.35. The van der Waals surface area contributed by atoms with Crippen molar-refractivity contribution in [2.75, 3.05) is 6.61 Å². The first-order valence-corrected chi connectivity index (χ1v) is 7.49. The minimum atomic E-state index is -0.115. The summed E-state index contributed by atoms with van der Waals surface area (Å²) in [6.07, 6.45) is 3.79. The van der Waals surface area contributed by atoms with Crippen LogP contribution in [0.4, 0.5) is 0 Å². The average Bonchev–Trinajstić information content (AvgIpc) is 3.16. The van der Waals surface area contributed by atoms with Crippen LogP contribution in [0.1, 0.15) is 10.4 Å². The second-order valence-electron chi connectivity index (χ2n) is 4.46. The van der Waals surface area contributed by atoms with Crippen LogP contribution in [0.25, 0.3) is 11.4 Å². The third-order valence-electron chi connectivity index (χ3n) is 3.11. The molecule has 0 saturated carbocycles. The van der Waals surface area contributed by atoms with Gasteiger partial charge in [-0.1, -0.05) is 42.2 Å². The molecule has 1 aromatic carbocycles. The van der Waals surface area contributed by atoms with Gasteiger partial charge in [-0.2, -0.15) is 0 Å². The quantitative estimate of drug-likeness (QED) is 0.754. The summed E-state index contributed by atoms with van der Waals surface area (Å²) < 4.78 is 2.12. The zero-order valence-electron chi connectivity index (χ0n) is 11.4. The highest BCUT2D eigenvalue weighted by Gasteiger charge is 2.08. The standard InChI is InChI=1S/C17H14N2OS/c20-11-4-7-14-8-12-21-16(14)13-19-10-9-18-17(19)15-5-2-1-3-6-15/h1-3,5-6,8-10,12,20H,11,13H2. The number of aromatic nitrogens is 2. The summed E-state index contributed by atoms with van der Waals surface area (Å²) in [6.45, 7) is 0.618. The fourth-order valence-corrected chi connectivity index (χ4v) is 2.98. The molecule has 1 N–H and O–H groups in total. The average molecular weight is 294 g/mol. The Bertz CT molecular complexity index is 778. The van der Waals surface area contributed by atoms with E-state index in [0.29, 0.717) is 0 Å². The Labute approximate surface area is 127 Å². The minimum absolute atomic E-state index is 0.115. The van der Waals surface area contributed by atoms with E-state index in [1.165, 1.54) is 4.88 Å². The molecule has 0 bridgehead atoms. The van der Waals surface area contributed by atoms with Crippen LogP contribution in [0.3, 0.4) is 0 Å². The van der Waals surface area contributed by atoms with Gasteiger partial charge in [-0.05, 0) is 11.4 Å². The van der Waals surface area contributed by atoms with Gasteiger partial charge < -0.3 is 9.67 Å². The molecule has 0 fully saturated rings. The number of nitrogens with zero attached hydrogens (tertiary/aromatic N) is 2. The van der Waals surface area contributed by atoms with Crippen LogP contribution in [0.5, 0.6) is 0 Å². The van der Waals surface area contributed by atoms with Crippen molar-refractivity contribution in [2.45, 2.75) is 6.54 Å². The van der Waals surface area contributed by atoms with Gasteiger partial charge in [0.05, 0.1) is 6.54 Å². The van der Waals surface area contributed by atoms with Gasteiger partial charge in [-0.15, -0.1) is 11.3 Å². The second-order valence-corrected chi connectivity index (χ2v) is 5.46. The molecule has 0 atom stereocenters. The van der Waals surface area contributed by atoms with Crippen LogP contribution < -0.4 is 0 Å². The first-order chi connectivity index (χ1) is 10.4. The lowest BCUT2D eigenvalue weighted by molar-refractivity contribution is 0.350.